The van der Waals surface area contributed by atoms with E-state index in [2.05, 4.69) is 4.99 Å². The standard InChI is InChI=1S/C22H22N2O4S/c1-14(2)28-21(26)16-8-6-9-17(13-16)23-22-24(3)20(25)19(29-22)12-15-7-5-10-18(11-15)27-4/h5-14H,1-4H3/b19-12+,23-22?. The fourth-order valence-corrected chi connectivity index (χ4v) is 3.62. The summed E-state index contributed by atoms with van der Waals surface area (Å²) in [6.07, 6.45) is 1.61. The van der Waals surface area contributed by atoms with Crippen LogP contribution < -0.4 is 4.74 Å². The average molecular weight is 410 g/mol. The molecule has 1 aliphatic rings. The van der Waals surface area contributed by atoms with Gasteiger partial charge in [0, 0.05) is 7.05 Å². The van der Waals surface area contributed by atoms with Crippen LogP contribution in [0.15, 0.2) is 58.4 Å². The molecular formula is C22H22N2O4S. The van der Waals surface area contributed by atoms with Crippen LogP contribution in [0.1, 0.15) is 29.8 Å². The zero-order valence-electron chi connectivity index (χ0n) is 16.7. The van der Waals surface area contributed by atoms with Crippen molar-refractivity contribution in [3.63, 3.8) is 0 Å². The van der Waals surface area contributed by atoms with Gasteiger partial charge in [-0.15, -0.1) is 0 Å². The second-order valence-electron chi connectivity index (χ2n) is 6.65. The van der Waals surface area contributed by atoms with Crippen LogP contribution >= 0.6 is 11.8 Å². The predicted molar refractivity (Wildman–Crippen MR) is 115 cm³/mol. The van der Waals surface area contributed by atoms with Crippen LogP contribution in [0.4, 0.5) is 5.69 Å². The molecule has 1 heterocycles. The van der Waals surface area contributed by atoms with E-state index in [1.807, 2.05) is 30.3 Å². The predicted octanol–water partition coefficient (Wildman–Crippen LogP) is 4.49. The van der Waals surface area contributed by atoms with Crippen molar-refractivity contribution in [2.45, 2.75) is 20.0 Å². The van der Waals surface area contributed by atoms with Gasteiger partial charge < -0.3 is 9.47 Å². The van der Waals surface area contributed by atoms with Crippen molar-refractivity contribution in [1.29, 1.82) is 0 Å². The number of carbonyl (C=O) groups excluding carboxylic acids is 2. The van der Waals surface area contributed by atoms with Gasteiger partial charge in [0.2, 0.25) is 0 Å². The fraction of sp³-hybridized carbons (Fsp3) is 0.227. The molecule has 6 nitrogen and oxygen atoms in total. The molecule has 0 bridgehead atoms. The van der Waals surface area contributed by atoms with Gasteiger partial charge in [0.25, 0.3) is 5.91 Å². The lowest BCUT2D eigenvalue weighted by Crippen LogP contribution is -2.23. The molecule has 0 radical (unpaired) electrons. The average Bonchev–Trinajstić information content (AvgIpc) is 2.95. The number of aliphatic imine (C=N–C) groups is 1. The quantitative estimate of drug-likeness (QED) is 0.536. The number of benzene rings is 2. The van der Waals surface area contributed by atoms with Gasteiger partial charge in [-0.2, -0.15) is 0 Å². The number of amidine groups is 1. The van der Waals surface area contributed by atoms with Gasteiger partial charge in [0.15, 0.2) is 5.17 Å². The summed E-state index contributed by atoms with van der Waals surface area (Å²) in [5.41, 5.74) is 1.87. The Morgan fingerprint density at radius 2 is 1.93 bits per heavy atom. The molecule has 0 spiro atoms. The lowest BCUT2D eigenvalue weighted by Gasteiger charge is -2.09. The molecule has 150 valence electrons. The zero-order chi connectivity index (χ0) is 21.0. The summed E-state index contributed by atoms with van der Waals surface area (Å²) in [4.78, 5) is 31.3. The highest BCUT2D eigenvalue weighted by Gasteiger charge is 2.30. The molecule has 0 unspecified atom stereocenters. The smallest absolute Gasteiger partial charge is 0.338 e. The number of amides is 1. The molecule has 0 aromatic heterocycles. The molecule has 0 atom stereocenters. The Bertz CT molecular complexity index is 998. The summed E-state index contributed by atoms with van der Waals surface area (Å²) >= 11 is 1.29. The molecule has 29 heavy (non-hydrogen) atoms. The molecule has 2 aromatic carbocycles. The van der Waals surface area contributed by atoms with Crippen LogP contribution in [0.3, 0.4) is 0 Å². The summed E-state index contributed by atoms with van der Waals surface area (Å²) in [5, 5.41) is 0.540. The van der Waals surface area contributed by atoms with Crippen LogP contribution in [-0.4, -0.2) is 42.2 Å². The summed E-state index contributed by atoms with van der Waals surface area (Å²) in [7, 11) is 3.28. The normalized spacial score (nSPS) is 16.7. The van der Waals surface area contributed by atoms with Crippen LogP contribution in [-0.2, 0) is 9.53 Å². The van der Waals surface area contributed by atoms with E-state index in [-0.39, 0.29) is 12.0 Å². The number of likely N-dealkylation sites (N-methyl/N-ethyl adjacent to an activating group) is 1. The van der Waals surface area contributed by atoms with E-state index < -0.39 is 5.97 Å². The number of rotatable bonds is 5. The third-order valence-electron chi connectivity index (χ3n) is 4.04. The van der Waals surface area contributed by atoms with Crippen molar-refractivity contribution in [3.8, 4) is 5.75 Å². The number of methoxy groups -OCH3 is 1. The first-order chi connectivity index (χ1) is 13.9. The van der Waals surface area contributed by atoms with E-state index in [1.54, 1.807) is 52.3 Å². The number of ether oxygens (including phenoxy) is 2. The maximum Gasteiger partial charge on any atom is 0.338 e. The van der Waals surface area contributed by atoms with Gasteiger partial charge in [-0.25, -0.2) is 9.79 Å². The third kappa shape index (κ3) is 5.06. The van der Waals surface area contributed by atoms with Crippen molar-refractivity contribution >= 4 is 40.6 Å². The molecule has 1 saturated heterocycles. The Morgan fingerprint density at radius 3 is 2.66 bits per heavy atom. The van der Waals surface area contributed by atoms with E-state index >= 15 is 0 Å². The zero-order valence-corrected chi connectivity index (χ0v) is 17.5. The number of esters is 1. The Labute approximate surface area is 174 Å². The maximum atomic E-state index is 12.6. The lowest BCUT2D eigenvalue weighted by atomic mass is 10.2. The highest BCUT2D eigenvalue weighted by atomic mass is 32.2. The van der Waals surface area contributed by atoms with Crippen LogP contribution in [0.5, 0.6) is 5.75 Å². The fourth-order valence-electron chi connectivity index (χ4n) is 2.63. The molecule has 0 aliphatic carbocycles. The first-order valence-corrected chi connectivity index (χ1v) is 9.90. The SMILES string of the molecule is COc1cccc(/C=C2/SC(=Nc3cccc(C(=O)OC(C)C)c3)N(C)C2=O)c1. The van der Waals surface area contributed by atoms with Gasteiger partial charge in [0.1, 0.15) is 5.75 Å². The van der Waals surface area contributed by atoms with E-state index in [9.17, 15) is 9.59 Å². The van der Waals surface area contributed by atoms with Gasteiger partial charge >= 0.3 is 5.97 Å². The molecule has 1 aliphatic heterocycles. The van der Waals surface area contributed by atoms with Gasteiger partial charge in [0.05, 0.1) is 29.4 Å². The molecule has 3 rings (SSSR count). The van der Waals surface area contributed by atoms with Crippen molar-refractivity contribution < 1.29 is 19.1 Å². The van der Waals surface area contributed by atoms with Gasteiger partial charge in [-0.05, 0) is 67.6 Å². The third-order valence-corrected chi connectivity index (χ3v) is 5.10. The van der Waals surface area contributed by atoms with Gasteiger partial charge in [-0.1, -0.05) is 18.2 Å². The molecule has 0 N–H and O–H groups in total. The number of nitrogens with zero attached hydrogens (tertiary/aromatic N) is 2. The minimum absolute atomic E-state index is 0.132. The second kappa shape index (κ2) is 8.96. The van der Waals surface area contributed by atoms with Gasteiger partial charge in [-0.3, -0.25) is 9.69 Å². The minimum atomic E-state index is -0.399. The molecular weight excluding hydrogens is 388 g/mol. The van der Waals surface area contributed by atoms with E-state index in [0.29, 0.717) is 21.3 Å². The number of carbonyl (C=O) groups is 2. The second-order valence-corrected chi connectivity index (χ2v) is 7.66. The van der Waals surface area contributed by atoms with Crippen molar-refractivity contribution in [3.05, 3.63) is 64.6 Å². The van der Waals surface area contributed by atoms with Crippen molar-refractivity contribution in [1.82, 2.24) is 4.90 Å². The highest BCUT2D eigenvalue weighted by molar-refractivity contribution is 8.18. The molecule has 7 heteroatoms. The topological polar surface area (TPSA) is 68.2 Å². The summed E-state index contributed by atoms with van der Waals surface area (Å²) in [6, 6.07) is 14.3. The monoisotopic (exact) mass is 410 g/mol. The van der Waals surface area contributed by atoms with E-state index in [0.717, 1.165) is 11.3 Å². The Kier molecular flexibility index (Phi) is 6.39. The Balaban J connectivity index is 1.85. The lowest BCUT2D eigenvalue weighted by molar-refractivity contribution is -0.121. The molecule has 1 amide bonds. The number of hydrogen-bond acceptors (Lipinski definition) is 6. The highest BCUT2D eigenvalue weighted by Crippen LogP contribution is 2.33. The molecule has 1 fully saturated rings. The first kappa shape index (κ1) is 20.7. The Morgan fingerprint density at radius 1 is 1.17 bits per heavy atom. The number of thioether (sulfide) groups is 1. The van der Waals surface area contributed by atoms with Crippen LogP contribution in [0, 0.1) is 0 Å². The maximum absolute atomic E-state index is 12.6. The largest absolute Gasteiger partial charge is 0.497 e. The first-order valence-electron chi connectivity index (χ1n) is 9.09. The summed E-state index contributed by atoms with van der Waals surface area (Å²) < 4.78 is 10.5. The van der Waals surface area contributed by atoms with E-state index in [1.165, 1.54) is 16.7 Å². The molecule has 0 saturated carbocycles. The van der Waals surface area contributed by atoms with Crippen LogP contribution in [0.25, 0.3) is 6.08 Å². The van der Waals surface area contributed by atoms with Crippen LogP contribution in [0.2, 0.25) is 0 Å². The summed E-state index contributed by atoms with van der Waals surface area (Å²) in [5.74, 6) is 0.193. The molecule has 2 aromatic rings. The van der Waals surface area contributed by atoms with E-state index in [4.69, 9.17) is 9.47 Å². The van der Waals surface area contributed by atoms with Crippen molar-refractivity contribution in [2.24, 2.45) is 4.99 Å². The minimum Gasteiger partial charge on any atom is -0.497 e. The number of hydrogen-bond donors (Lipinski definition) is 0. The van der Waals surface area contributed by atoms with Crippen molar-refractivity contribution in [2.75, 3.05) is 14.2 Å². The Hall–Kier alpha value is -3.06. The summed E-state index contributed by atoms with van der Waals surface area (Å²) in [6.45, 7) is 3.60.